The summed E-state index contributed by atoms with van der Waals surface area (Å²) in [7, 11) is 1.98. The largest absolute Gasteiger partial charge is 0.347 e. The van der Waals surface area contributed by atoms with Gasteiger partial charge in [-0.3, -0.25) is 0 Å². The zero-order valence-electron chi connectivity index (χ0n) is 13.3. The predicted molar refractivity (Wildman–Crippen MR) is 87.9 cm³/mol. The molecule has 0 aliphatic rings. The maximum Gasteiger partial charge on any atom is 0.0683 e. The standard InChI is InChI=1S/C18H25N3/c1-18(2,14-19)10-4-5-11-21-12-9-15-7-6-8-16(13-20-3)17(15)21/h6-9,12,20H,4-5,10-11,13H2,1-3H3. The number of benzene rings is 1. The van der Waals surface area contributed by atoms with Crippen LogP contribution >= 0.6 is 0 Å². The first-order valence-corrected chi connectivity index (χ1v) is 7.70. The molecule has 3 nitrogen and oxygen atoms in total. The lowest BCUT2D eigenvalue weighted by Crippen LogP contribution is -2.09. The van der Waals surface area contributed by atoms with Crippen LogP contribution in [0.25, 0.3) is 10.9 Å². The molecule has 0 aliphatic carbocycles. The smallest absolute Gasteiger partial charge is 0.0683 e. The Bertz CT molecular complexity index is 631. The van der Waals surface area contributed by atoms with Crippen molar-refractivity contribution < 1.29 is 0 Å². The average Bonchev–Trinajstić information content (AvgIpc) is 2.88. The Kier molecular flexibility index (Phi) is 5.03. The van der Waals surface area contributed by atoms with Crippen LogP contribution in [0.15, 0.2) is 30.5 Å². The summed E-state index contributed by atoms with van der Waals surface area (Å²) >= 11 is 0. The van der Waals surface area contributed by atoms with E-state index in [1.165, 1.54) is 16.5 Å². The minimum absolute atomic E-state index is 0.198. The Balaban J connectivity index is 2.04. The van der Waals surface area contributed by atoms with Crippen LogP contribution in [-0.2, 0) is 13.1 Å². The van der Waals surface area contributed by atoms with E-state index in [9.17, 15) is 0 Å². The number of para-hydroxylation sites is 1. The lowest BCUT2D eigenvalue weighted by atomic mass is 9.89. The first-order valence-electron chi connectivity index (χ1n) is 7.70. The van der Waals surface area contributed by atoms with Crippen molar-refractivity contribution in [2.75, 3.05) is 7.05 Å². The van der Waals surface area contributed by atoms with Gasteiger partial charge in [-0.1, -0.05) is 24.6 Å². The van der Waals surface area contributed by atoms with Crippen LogP contribution in [0.4, 0.5) is 0 Å². The molecule has 0 fully saturated rings. The van der Waals surface area contributed by atoms with Crippen LogP contribution in [0, 0.1) is 16.7 Å². The van der Waals surface area contributed by atoms with Crippen molar-refractivity contribution in [3.8, 4) is 6.07 Å². The van der Waals surface area contributed by atoms with Crippen molar-refractivity contribution in [3.63, 3.8) is 0 Å². The minimum Gasteiger partial charge on any atom is -0.347 e. The summed E-state index contributed by atoms with van der Waals surface area (Å²) in [4.78, 5) is 0. The van der Waals surface area contributed by atoms with Gasteiger partial charge >= 0.3 is 0 Å². The van der Waals surface area contributed by atoms with Crippen molar-refractivity contribution >= 4 is 10.9 Å². The molecule has 2 rings (SSSR count). The highest BCUT2D eigenvalue weighted by Crippen LogP contribution is 2.24. The number of rotatable bonds is 7. The van der Waals surface area contributed by atoms with Gasteiger partial charge in [0.15, 0.2) is 0 Å². The summed E-state index contributed by atoms with van der Waals surface area (Å²) in [6.07, 6.45) is 5.35. The fourth-order valence-corrected chi connectivity index (χ4v) is 2.77. The van der Waals surface area contributed by atoms with Crippen molar-refractivity contribution in [3.05, 3.63) is 36.0 Å². The maximum atomic E-state index is 9.05. The molecule has 2 aromatic rings. The van der Waals surface area contributed by atoms with Crippen LogP contribution < -0.4 is 5.32 Å². The Morgan fingerprint density at radius 3 is 2.76 bits per heavy atom. The molecule has 0 amide bonds. The van der Waals surface area contributed by atoms with E-state index in [2.05, 4.69) is 46.4 Å². The number of hydrogen-bond donors (Lipinski definition) is 1. The number of nitrogens with zero attached hydrogens (tertiary/aromatic N) is 2. The van der Waals surface area contributed by atoms with Crippen molar-refractivity contribution in [1.29, 1.82) is 5.26 Å². The third-order valence-corrected chi connectivity index (χ3v) is 3.99. The minimum atomic E-state index is -0.198. The van der Waals surface area contributed by atoms with Crippen LogP contribution in [0.3, 0.4) is 0 Å². The zero-order valence-corrected chi connectivity index (χ0v) is 13.3. The van der Waals surface area contributed by atoms with Gasteiger partial charge < -0.3 is 9.88 Å². The van der Waals surface area contributed by atoms with Crippen molar-refractivity contribution in [2.45, 2.75) is 46.2 Å². The Labute approximate surface area is 127 Å². The molecule has 1 aromatic carbocycles. The average molecular weight is 283 g/mol. The second kappa shape index (κ2) is 6.78. The molecule has 21 heavy (non-hydrogen) atoms. The molecule has 0 atom stereocenters. The SMILES string of the molecule is CNCc1cccc2ccn(CCCCC(C)(C)C#N)c12. The monoisotopic (exact) mass is 283 g/mol. The van der Waals surface area contributed by atoms with E-state index in [4.69, 9.17) is 5.26 Å². The number of aromatic nitrogens is 1. The predicted octanol–water partition coefficient (Wildman–Crippen LogP) is 4.08. The zero-order chi connectivity index (χ0) is 15.3. The second-order valence-electron chi connectivity index (χ2n) is 6.35. The van der Waals surface area contributed by atoms with Gasteiger partial charge in [0.25, 0.3) is 0 Å². The molecule has 0 spiro atoms. The first kappa shape index (κ1) is 15.6. The molecule has 1 heterocycles. The Hall–Kier alpha value is -1.79. The van der Waals surface area contributed by atoms with Crippen LogP contribution in [0.5, 0.6) is 0 Å². The van der Waals surface area contributed by atoms with Crippen LogP contribution in [-0.4, -0.2) is 11.6 Å². The first-order chi connectivity index (χ1) is 10.1. The van der Waals surface area contributed by atoms with E-state index in [1.807, 2.05) is 20.9 Å². The Morgan fingerprint density at radius 2 is 2.05 bits per heavy atom. The highest BCUT2D eigenvalue weighted by molar-refractivity contribution is 5.83. The number of nitriles is 1. The lowest BCUT2D eigenvalue weighted by molar-refractivity contribution is 0.418. The van der Waals surface area contributed by atoms with Gasteiger partial charge in [0.05, 0.1) is 17.0 Å². The topological polar surface area (TPSA) is 40.8 Å². The maximum absolute atomic E-state index is 9.05. The fraction of sp³-hybridized carbons (Fsp3) is 0.500. The molecule has 0 unspecified atom stereocenters. The van der Waals surface area contributed by atoms with E-state index in [1.54, 1.807) is 0 Å². The number of hydrogen-bond acceptors (Lipinski definition) is 2. The molecule has 3 heteroatoms. The molecule has 0 aliphatic heterocycles. The highest BCUT2D eigenvalue weighted by Gasteiger charge is 2.15. The number of unbranched alkanes of at least 4 members (excludes halogenated alkanes) is 1. The van der Waals surface area contributed by atoms with Gasteiger partial charge in [-0.25, -0.2) is 0 Å². The summed E-state index contributed by atoms with van der Waals surface area (Å²) in [5, 5.41) is 13.6. The summed E-state index contributed by atoms with van der Waals surface area (Å²) in [5.74, 6) is 0. The molecular weight excluding hydrogens is 258 g/mol. The summed E-state index contributed by atoms with van der Waals surface area (Å²) in [6, 6.07) is 11.0. The van der Waals surface area contributed by atoms with Gasteiger partial charge in [0, 0.05) is 19.3 Å². The molecule has 0 radical (unpaired) electrons. The van der Waals surface area contributed by atoms with E-state index >= 15 is 0 Å². The van der Waals surface area contributed by atoms with E-state index in [0.29, 0.717) is 0 Å². The quantitative estimate of drug-likeness (QED) is 0.778. The van der Waals surface area contributed by atoms with Crippen molar-refractivity contribution in [2.24, 2.45) is 5.41 Å². The van der Waals surface area contributed by atoms with Gasteiger partial charge in [-0.15, -0.1) is 0 Å². The summed E-state index contributed by atoms with van der Waals surface area (Å²) < 4.78 is 2.35. The second-order valence-corrected chi connectivity index (χ2v) is 6.35. The summed E-state index contributed by atoms with van der Waals surface area (Å²) in [5.41, 5.74) is 2.49. The van der Waals surface area contributed by atoms with Gasteiger partial charge in [0.2, 0.25) is 0 Å². The normalized spacial score (nSPS) is 11.7. The molecule has 1 N–H and O–H groups in total. The molecule has 112 valence electrons. The van der Waals surface area contributed by atoms with Crippen LogP contribution in [0.1, 0.15) is 38.7 Å². The van der Waals surface area contributed by atoms with Gasteiger partial charge in [-0.2, -0.15) is 5.26 Å². The fourth-order valence-electron chi connectivity index (χ4n) is 2.77. The molecule has 0 saturated heterocycles. The van der Waals surface area contributed by atoms with E-state index in [0.717, 1.165) is 32.4 Å². The van der Waals surface area contributed by atoms with E-state index < -0.39 is 0 Å². The van der Waals surface area contributed by atoms with Crippen LogP contribution in [0.2, 0.25) is 0 Å². The third-order valence-electron chi connectivity index (χ3n) is 3.99. The van der Waals surface area contributed by atoms with Gasteiger partial charge in [0.1, 0.15) is 0 Å². The number of aryl methyl sites for hydroxylation is 1. The molecule has 0 bridgehead atoms. The number of fused-ring (bicyclic) bond motifs is 1. The van der Waals surface area contributed by atoms with E-state index in [-0.39, 0.29) is 5.41 Å². The van der Waals surface area contributed by atoms with Gasteiger partial charge in [-0.05, 0) is 50.8 Å². The molecular formula is C18H25N3. The lowest BCUT2D eigenvalue weighted by Gasteiger charge is -2.15. The third kappa shape index (κ3) is 3.86. The Morgan fingerprint density at radius 1 is 1.24 bits per heavy atom. The van der Waals surface area contributed by atoms with Crippen molar-refractivity contribution in [1.82, 2.24) is 9.88 Å². The molecule has 0 saturated carbocycles. The molecule has 1 aromatic heterocycles. The number of nitrogens with one attached hydrogen (secondary N) is 1. The highest BCUT2D eigenvalue weighted by atomic mass is 15.0. The summed E-state index contributed by atoms with van der Waals surface area (Å²) in [6.45, 7) is 5.95.